The van der Waals surface area contributed by atoms with Crippen LogP contribution in [0.25, 0.3) is 11.3 Å². The maximum atomic E-state index is 12.6. The molecule has 1 fully saturated rings. The second-order valence-electron chi connectivity index (χ2n) is 7.99. The number of hydrogen-bond donors (Lipinski definition) is 1. The van der Waals surface area contributed by atoms with Crippen molar-refractivity contribution in [3.05, 3.63) is 77.6 Å². The number of nitrogens with one attached hydrogen (secondary N) is 1. The molecule has 0 aliphatic carbocycles. The summed E-state index contributed by atoms with van der Waals surface area (Å²) in [5.41, 5.74) is 3.13. The highest BCUT2D eigenvalue weighted by molar-refractivity contribution is 5.96. The largest absolute Gasteiger partial charge is 0.465 e. The molecule has 0 spiro atoms. The molecule has 1 atom stereocenters. The minimum Gasteiger partial charge on any atom is -0.465 e. The van der Waals surface area contributed by atoms with Crippen molar-refractivity contribution >= 4 is 17.7 Å². The zero-order chi connectivity index (χ0) is 24.1. The number of pyridine rings is 2. The molecule has 1 unspecified atom stereocenters. The number of carbonyl (C=O) groups is 2. The van der Waals surface area contributed by atoms with E-state index in [0.29, 0.717) is 5.69 Å². The van der Waals surface area contributed by atoms with Crippen molar-refractivity contribution in [3.8, 4) is 23.1 Å². The number of hydrogen-bond acceptors (Lipinski definition) is 7. The number of amides is 1. The van der Waals surface area contributed by atoms with Gasteiger partial charge in [-0.1, -0.05) is 24.0 Å². The van der Waals surface area contributed by atoms with E-state index in [1.165, 1.54) is 13.2 Å². The SMILES string of the molecule is COC(=O)c1cc(NC(=O)C2COC(C)(C)O2)nc(-c2ccc(C#Cc3cccnc3)cc2)c1. The van der Waals surface area contributed by atoms with E-state index in [1.807, 2.05) is 36.4 Å². The number of ether oxygens (including phenoxy) is 3. The van der Waals surface area contributed by atoms with Crippen molar-refractivity contribution in [2.75, 3.05) is 19.0 Å². The summed E-state index contributed by atoms with van der Waals surface area (Å²) in [7, 11) is 1.29. The molecule has 1 aliphatic rings. The Morgan fingerprint density at radius 3 is 2.53 bits per heavy atom. The summed E-state index contributed by atoms with van der Waals surface area (Å²) in [6.45, 7) is 3.60. The lowest BCUT2D eigenvalue weighted by molar-refractivity contribution is -0.150. The zero-order valence-electron chi connectivity index (χ0n) is 19.0. The standard InChI is InChI=1S/C26H23N3O5/c1-26(2)33-16-22(34-26)24(30)29-23-14-20(25(31)32-3)13-21(28-23)19-10-8-17(9-11-19)6-7-18-5-4-12-27-15-18/h4-5,8-15,22H,16H2,1-3H3,(H,28,29,30). The second kappa shape index (κ2) is 9.83. The monoisotopic (exact) mass is 457 g/mol. The number of aromatic nitrogens is 2. The third-order valence-electron chi connectivity index (χ3n) is 4.99. The maximum Gasteiger partial charge on any atom is 0.338 e. The topological polar surface area (TPSA) is 99.6 Å². The summed E-state index contributed by atoms with van der Waals surface area (Å²) in [6, 6.07) is 14.2. The molecule has 0 saturated carbocycles. The van der Waals surface area contributed by atoms with E-state index in [0.717, 1.165) is 16.7 Å². The lowest BCUT2D eigenvalue weighted by Crippen LogP contribution is -2.32. The van der Waals surface area contributed by atoms with Crippen LogP contribution in [0.15, 0.2) is 60.9 Å². The average molecular weight is 457 g/mol. The van der Waals surface area contributed by atoms with Crippen LogP contribution in [0.3, 0.4) is 0 Å². The third kappa shape index (κ3) is 5.64. The van der Waals surface area contributed by atoms with E-state index in [1.54, 1.807) is 32.3 Å². The van der Waals surface area contributed by atoms with Crippen LogP contribution >= 0.6 is 0 Å². The van der Waals surface area contributed by atoms with Crippen LogP contribution < -0.4 is 5.32 Å². The van der Waals surface area contributed by atoms with Gasteiger partial charge in [0, 0.05) is 29.1 Å². The highest BCUT2D eigenvalue weighted by atomic mass is 16.7. The van der Waals surface area contributed by atoms with Gasteiger partial charge in [-0.2, -0.15) is 0 Å². The molecule has 1 aliphatic heterocycles. The molecule has 1 saturated heterocycles. The summed E-state index contributed by atoms with van der Waals surface area (Å²) in [5, 5.41) is 2.71. The highest BCUT2D eigenvalue weighted by Gasteiger charge is 2.37. The summed E-state index contributed by atoms with van der Waals surface area (Å²) in [4.78, 5) is 33.4. The third-order valence-corrected chi connectivity index (χ3v) is 4.99. The molecule has 0 bridgehead atoms. The van der Waals surface area contributed by atoms with E-state index in [9.17, 15) is 9.59 Å². The molecule has 1 aromatic carbocycles. The molecule has 34 heavy (non-hydrogen) atoms. The number of carbonyl (C=O) groups excluding carboxylic acids is 2. The van der Waals surface area contributed by atoms with Crippen molar-refractivity contribution in [1.82, 2.24) is 9.97 Å². The van der Waals surface area contributed by atoms with Gasteiger partial charge in [0.05, 0.1) is 25.0 Å². The Hall–Kier alpha value is -4.06. The summed E-state index contributed by atoms with van der Waals surface area (Å²) in [5.74, 6) is 4.56. The molecule has 2 aromatic heterocycles. The summed E-state index contributed by atoms with van der Waals surface area (Å²) >= 11 is 0. The van der Waals surface area contributed by atoms with Crippen LogP contribution in [-0.4, -0.2) is 47.5 Å². The van der Waals surface area contributed by atoms with Gasteiger partial charge in [-0.15, -0.1) is 0 Å². The molecule has 3 aromatic rings. The normalized spacial score (nSPS) is 16.3. The molecule has 3 heterocycles. The van der Waals surface area contributed by atoms with Gasteiger partial charge in [0.2, 0.25) is 0 Å². The molecular formula is C26H23N3O5. The van der Waals surface area contributed by atoms with Crippen LogP contribution in [0.4, 0.5) is 5.82 Å². The molecule has 172 valence electrons. The number of rotatable bonds is 4. The van der Waals surface area contributed by atoms with E-state index in [2.05, 4.69) is 27.1 Å². The fourth-order valence-corrected chi connectivity index (χ4v) is 3.31. The lowest BCUT2D eigenvalue weighted by Gasteiger charge is -2.17. The number of esters is 1. The molecule has 1 N–H and O–H groups in total. The summed E-state index contributed by atoms with van der Waals surface area (Å²) < 4.78 is 15.9. The van der Waals surface area contributed by atoms with Gasteiger partial charge in [-0.05, 0) is 50.2 Å². The van der Waals surface area contributed by atoms with Crippen LogP contribution in [0.2, 0.25) is 0 Å². The molecular weight excluding hydrogens is 434 g/mol. The Morgan fingerprint density at radius 2 is 1.88 bits per heavy atom. The van der Waals surface area contributed by atoms with Gasteiger partial charge in [0.15, 0.2) is 11.9 Å². The first kappa shape index (κ1) is 23.1. The van der Waals surface area contributed by atoms with Gasteiger partial charge < -0.3 is 19.5 Å². The number of benzene rings is 1. The van der Waals surface area contributed by atoms with E-state index in [-0.39, 0.29) is 18.0 Å². The first-order valence-corrected chi connectivity index (χ1v) is 10.6. The Labute approximate surface area is 197 Å². The first-order valence-electron chi connectivity index (χ1n) is 10.6. The molecule has 0 radical (unpaired) electrons. The van der Waals surface area contributed by atoms with Crippen LogP contribution in [0.1, 0.15) is 35.3 Å². The zero-order valence-corrected chi connectivity index (χ0v) is 19.0. The van der Waals surface area contributed by atoms with Crippen molar-refractivity contribution in [2.45, 2.75) is 25.7 Å². The molecule has 8 nitrogen and oxygen atoms in total. The Bertz CT molecular complexity index is 1260. The lowest BCUT2D eigenvalue weighted by atomic mass is 10.1. The average Bonchev–Trinajstić information content (AvgIpc) is 3.22. The Morgan fingerprint density at radius 1 is 1.12 bits per heavy atom. The second-order valence-corrected chi connectivity index (χ2v) is 7.99. The van der Waals surface area contributed by atoms with Gasteiger partial charge in [-0.3, -0.25) is 9.78 Å². The predicted molar refractivity (Wildman–Crippen MR) is 125 cm³/mol. The Kier molecular flexibility index (Phi) is 6.68. The van der Waals surface area contributed by atoms with Crippen molar-refractivity contribution < 1.29 is 23.8 Å². The van der Waals surface area contributed by atoms with Crippen molar-refractivity contribution in [3.63, 3.8) is 0 Å². The predicted octanol–water partition coefficient (Wildman–Crippen LogP) is 3.42. The first-order chi connectivity index (χ1) is 16.3. The highest BCUT2D eigenvalue weighted by Crippen LogP contribution is 2.25. The van der Waals surface area contributed by atoms with Gasteiger partial charge in [-0.25, -0.2) is 9.78 Å². The fourth-order valence-electron chi connectivity index (χ4n) is 3.31. The van der Waals surface area contributed by atoms with Crippen molar-refractivity contribution in [2.24, 2.45) is 0 Å². The smallest absolute Gasteiger partial charge is 0.338 e. The van der Waals surface area contributed by atoms with Gasteiger partial charge in [0.1, 0.15) is 5.82 Å². The number of nitrogens with zero attached hydrogens (tertiary/aromatic N) is 2. The van der Waals surface area contributed by atoms with E-state index < -0.39 is 23.8 Å². The minimum atomic E-state index is -0.837. The van der Waals surface area contributed by atoms with Crippen LogP contribution in [0.5, 0.6) is 0 Å². The Balaban J connectivity index is 1.58. The molecule has 8 heteroatoms. The van der Waals surface area contributed by atoms with Crippen LogP contribution in [-0.2, 0) is 19.0 Å². The molecule has 1 amide bonds. The molecule has 4 rings (SSSR count). The number of methoxy groups -OCH3 is 1. The maximum absolute atomic E-state index is 12.6. The minimum absolute atomic E-state index is 0.129. The quantitative estimate of drug-likeness (QED) is 0.473. The summed E-state index contributed by atoms with van der Waals surface area (Å²) in [6.07, 6.45) is 2.62. The fraction of sp³-hybridized carbons (Fsp3) is 0.231. The van der Waals surface area contributed by atoms with E-state index >= 15 is 0 Å². The van der Waals surface area contributed by atoms with Gasteiger partial charge >= 0.3 is 5.97 Å². The van der Waals surface area contributed by atoms with Crippen LogP contribution in [0, 0.1) is 11.8 Å². The van der Waals surface area contributed by atoms with Crippen molar-refractivity contribution in [1.29, 1.82) is 0 Å². The van der Waals surface area contributed by atoms with Gasteiger partial charge in [0.25, 0.3) is 5.91 Å². The van der Waals surface area contributed by atoms with E-state index in [4.69, 9.17) is 14.2 Å². The number of anilines is 1.